The molecule has 0 heterocycles. The summed E-state index contributed by atoms with van der Waals surface area (Å²) < 4.78 is 1.70. The zero-order valence-corrected chi connectivity index (χ0v) is 11.2. The van der Waals surface area contributed by atoms with E-state index in [1.807, 2.05) is 0 Å². The molecule has 0 unspecified atom stereocenters. The topological polar surface area (TPSA) is 0 Å². The fourth-order valence-corrected chi connectivity index (χ4v) is 4.60. The van der Waals surface area contributed by atoms with Gasteiger partial charge in [-0.2, -0.15) is 0 Å². The maximum atomic E-state index is 2.48. The molecule has 14 heavy (non-hydrogen) atoms. The Morgan fingerprint density at radius 1 is 0.929 bits per heavy atom. The van der Waals surface area contributed by atoms with E-state index in [9.17, 15) is 0 Å². The Balaban J connectivity index is -0.000000403. The third kappa shape index (κ3) is 5.01. The van der Waals surface area contributed by atoms with Crippen LogP contribution in [0.3, 0.4) is 0 Å². The summed E-state index contributed by atoms with van der Waals surface area (Å²) in [7, 11) is 0. The minimum absolute atomic E-state index is 0. The van der Waals surface area contributed by atoms with Gasteiger partial charge in [0, 0.05) is 0 Å². The summed E-state index contributed by atoms with van der Waals surface area (Å²) in [6.07, 6.45) is 7.98. The Bertz CT molecular complexity index is 242. The van der Waals surface area contributed by atoms with Crippen LogP contribution in [0.2, 0.25) is 26.1 Å². The third-order valence-corrected chi connectivity index (χ3v) is 7.97. The van der Waals surface area contributed by atoms with Crippen molar-refractivity contribution in [1.29, 1.82) is 0 Å². The van der Waals surface area contributed by atoms with Crippen molar-refractivity contribution in [1.82, 2.24) is 0 Å². The number of allylic oxidation sites excluding steroid dienone is 4. The maximum absolute atomic E-state index is 2.61. The Kier molecular flexibility index (Phi) is 5.39. The van der Waals surface area contributed by atoms with Crippen molar-refractivity contribution in [3.8, 4) is 0 Å². The summed E-state index contributed by atoms with van der Waals surface area (Å²) in [5.41, 5.74) is 0. The van der Waals surface area contributed by atoms with Crippen LogP contribution in [0.5, 0.6) is 0 Å². The minimum atomic E-state index is -2.61. The first kappa shape index (κ1) is 19.5. The van der Waals surface area contributed by atoms with E-state index < -0.39 is 14.0 Å². The Morgan fingerprint density at radius 2 is 1.36 bits per heavy atom. The summed E-state index contributed by atoms with van der Waals surface area (Å²) >= 11 is -2.61. The number of hydrogen-bond donors (Lipinski definition) is 0. The second kappa shape index (κ2) is 3.86. The van der Waals surface area contributed by atoms with E-state index in [0.717, 1.165) is 0 Å². The average Bonchev–Trinajstić information content (AvgIpc) is 2.01. The van der Waals surface area contributed by atoms with Gasteiger partial charge in [0.1, 0.15) is 0 Å². The van der Waals surface area contributed by atoms with Gasteiger partial charge in [0.25, 0.3) is 0 Å². The quantitative estimate of drug-likeness (QED) is 0.587. The van der Waals surface area contributed by atoms with Crippen LogP contribution < -0.4 is 0 Å². The van der Waals surface area contributed by atoms with E-state index in [1.165, 1.54) is 6.42 Å². The van der Waals surface area contributed by atoms with Gasteiger partial charge in [-0.3, -0.25) is 14.1 Å². The van der Waals surface area contributed by atoms with Crippen LogP contribution >= 0.6 is 0 Å². The van der Waals surface area contributed by atoms with E-state index in [1.54, 1.807) is 3.88 Å². The molecular weight excluding hydrogens is 225 g/mol. The molecule has 0 radical (unpaired) electrons. The molecule has 4 heteroatoms. The van der Waals surface area contributed by atoms with Crippen molar-refractivity contribution < 1.29 is 28.1 Å². The molecule has 0 saturated heterocycles. The predicted octanol–water partition coefficient (Wildman–Crippen LogP) is 4.75. The van der Waals surface area contributed by atoms with Gasteiger partial charge in [0.05, 0.1) is 0 Å². The van der Waals surface area contributed by atoms with E-state index in [0.29, 0.717) is 0 Å². The standard InChI is InChI=1S/C5H5.5CH3.3FH.Ti/c1-2-4-5-3-1;;;;;;;;;/h1-3H,4H2;5*1H3;3*1H;. The molecule has 0 bridgehead atoms. The van der Waals surface area contributed by atoms with Crippen molar-refractivity contribution in [2.24, 2.45) is 0 Å². The van der Waals surface area contributed by atoms with Crippen molar-refractivity contribution in [3.05, 3.63) is 22.1 Å². The van der Waals surface area contributed by atoms with Gasteiger partial charge in [-0.15, -0.1) is 0 Å². The van der Waals surface area contributed by atoms with Crippen LogP contribution in [0.4, 0.5) is 14.1 Å². The van der Waals surface area contributed by atoms with E-state index in [-0.39, 0.29) is 14.1 Å². The molecule has 0 N–H and O–H groups in total. The molecule has 0 nitrogen and oxygen atoms in total. The Labute approximate surface area is 83.0 Å². The molecular formula is C10H23F3Ti. The monoisotopic (exact) mass is 248 g/mol. The normalized spacial score (nSPS) is 19.1. The average molecular weight is 248 g/mol. The van der Waals surface area contributed by atoms with Gasteiger partial charge in [-0.1, -0.05) is 0 Å². The van der Waals surface area contributed by atoms with Gasteiger partial charge in [-0.05, 0) is 0 Å². The van der Waals surface area contributed by atoms with E-state index in [2.05, 4.69) is 44.4 Å². The molecule has 1 rings (SSSR count). The summed E-state index contributed by atoms with van der Waals surface area (Å²) in [6, 6.07) is 0. The van der Waals surface area contributed by atoms with Crippen LogP contribution in [-0.4, -0.2) is 0 Å². The zero-order chi connectivity index (χ0) is 8.81. The second-order valence-electron chi connectivity index (χ2n) is 7.57. The molecule has 0 amide bonds. The Morgan fingerprint density at radius 3 is 1.50 bits per heavy atom. The van der Waals surface area contributed by atoms with E-state index >= 15 is 0 Å². The SMILES string of the molecule is F.F.F.[CH3][Ti]([CH3])([CH3])([CH3])([CH3])[C]1=CC=CC1. The molecule has 88 valence electrons. The van der Waals surface area contributed by atoms with Crippen molar-refractivity contribution >= 4 is 0 Å². The van der Waals surface area contributed by atoms with Gasteiger partial charge >= 0.3 is 68.7 Å². The molecule has 0 spiro atoms. The first-order valence-electron chi connectivity index (χ1n) is 4.47. The predicted molar refractivity (Wildman–Crippen MR) is 58.7 cm³/mol. The summed E-state index contributed by atoms with van der Waals surface area (Å²) in [5.74, 6) is 0. The van der Waals surface area contributed by atoms with E-state index in [4.69, 9.17) is 0 Å². The van der Waals surface area contributed by atoms with Crippen LogP contribution in [0.15, 0.2) is 22.1 Å². The summed E-state index contributed by atoms with van der Waals surface area (Å²) in [6.45, 7) is 0. The number of hydrogen-bond acceptors (Lipinski definition) is 0. The molecule has 1 aliphatic carbocycles. The van der Waals surface area contributed by atoms with Gasteiger partial charge in [0.15, 0.2) is 0 Å². The van der Waals surface area contributed by atoms with Crippen LogP contribution in [0.25, 0.3) is 0 Å². The van der Waals surface area contributed by atoms with Crippen LogP contribution in [0, 0.1) is 0 Å². The molecule has 0 atom stereocenters. The molecule has 0 fully saturated rings. The molecule has 0 aromatic carbocycles. The van der Waals surface area contributed by atoms with Crippen molar-refractivity contribution in [2.75, 3.05) is 0 Å². The third-order valence-electron chi connectivity index (χ3n) is 2.38. The molecule has 0 aromatic heterocycles. The zero-order valence-electron chi connectivity index (χ0n) is 9.66. The van der Waals surface area contributed by atoms with Crippen LogP contribution in [0.1, 0.15) is 6.42 Å². The molecule has 1 aliphatic rings. The summed E-state index contributed by atoms with van der Waals surface area (Å²) in [5, 5.41) is 12.4. The molecule has 0 aliphatic heterocycles. The fraction of sp³-hybridized carbons (Fsp3) is 0.600. The van der Waals surface area contributed by atoms with Gasteiger partial charge in [0.2, 0.25) is 0 Å². The fourth-order valence-electron chi connectivity index (χ4n) is 1.37. The van der Waals surface area contributed by atoms with Crippen molar-refractivity contribution in [3.63, 3.8) is 0 Å². The van der Waals surface area contributed by atoms with Gasteiger partial charge < -0.3 is 0 Å². The number of rotatable bonds is 1. The molecule has 0 saturated carbocycles. The Hall–Kier alpha value is -0.0157. The number of halogens is 3. The second-order valence-corrected chi connectivity index (χ2v) is 28.1. The summed E-state index contributed by atoms with van der Waals surface area (Å²) in [4.78, 5) is 0. The first-order chi connectivity index (χ1) is 4.59. The molecule has 0 aromatic rings. The van der Waals surface area contributed by atoms with Crippen LogP contribution in [-0.2, 0) is 14.0 Å². The van der Waals surface area contributed by atoms with Gasteiger partial charge in [-0.25, -0.2) is 0 Å². The first-order valence-corrected chi connectivity index (χ1v) is 13.1. The van der Waals surface area contributed by atoms with Crippen molar-refractivity contribution in [2.45, 2.75) is 32.6 Å².